The Balaban J connectivity index is 1.59. The smallest absolute Gasteiger partial charge is 0.259 e. The lowest BCUT2D eigenvalue weighted by Crippen LogP contribution is -2.42. The normalized spacial score (nSPS) is 18.3. The van der Waals surface area contributed by atoms with Gasteiger partial charge in [0.2, 0.25) is 5.91 Å². The second kappa shape index (κ2) is 8.62. The summed E-state index contributed by atoms with van der Waals surface area (Å²) in [5, 5.41) is 3.28. The van der Waals surface area contributed by atoms with Crippen molar-refractivity contribution in [2.24, 2.45) is 9.98 Å². The Morgan fingerprint density at radius 1 is 1.23 bits per heavy atom. The molecule has 0 bridgehead atoms. The highest BCUT2D eigenvalue weighted by Gasteiger charge is 2.41. The summed E-state index contributed by atoms with van der Waals surface area (Å²) in [5.41, 5.74) is 2.13. The molecule has 0 saturated heterocycles. The lowest BCUT2D eigenvalue weighted by Gasteiger charge is -2.27. The van der Waals surface area contributed by atoms with Gasteiger partial charge in [0.15, 0.2) is 5.17 Å². The molecule has 2 heterocycles. The molecule has 0 fully saturated rings. The molecule has 2 aliphatic heterocycles. The molecule has 2 atom stereocenters. The van der Waals surface area contributed by atoms with Crippen LogP contribution >= 0.6 is 23.4 Å². The quantitative estimate of drug-likeness (QED) is 0.721. The first kappa shape index (κ1) is 20.6. The van der Waals surface area contributed by atoms with Crippen LogP contribution in [0.4, 0.5) is 11.4 Å². The molecule has 0 aromatic heterocycles. The number of aliphatic imine (C=N–C) groups is 2. The number of carbonyl (C=O) groups excluding carboxylic acids is 2. The zero-order chi connectivity index (χ0) is 21.3. The maximum atomic E-state index is 13.0. The van der Waals surface area contributed by atoms with Crippen molar-refractivity contribution in [2.75, 3.05) is 5.32 Å². The van der Waals surface area contributed by atoms with E-state index in [4.69, 9.17) is 11.6 Å². The van der Waals surface area contributed by atoms with E-state index in [1.54, 1.807) is 36.1 Å². The molecular formula is C22H21ClN4O2S. The standard InChI is InChI=1S/C22H21ClN4O2S/c1-3-8-18-21(29)27-19(24-18)14-9-4-6-11-16(14)26-22(27)30-13(2)20(28)25-17-12-7-5-10-15(17)23/h4-7,9-13,18H,3,8H2,1-2H3,(H,25,28)/t13-,18-/m1/s1. The summed E-state index contributed by atoms with van der Waals surface area (Å²) in [6, 6.07) is 14.3. The minimum Gasteiger partial charge on any atom is -0.324 e. The van der Waals surface area contributed by atoms with Crippen LogP contribution < -0.4 is 5.32 Å². The number of thioether (sulfide) groups is 1. The van der Waals surface area contributed by atoms with E-state index in [0.717, 1.165) is 17.7 Å². The number of nitrogens with zero attached hydrogens (tertiary/aromatic N) is 3. The van der Waals surface area contributed by atoms with Gasteiger partial charge in [0.25, 0.3) is 5.91 Å². The van der Waals surface area contributed by atoms with Crippen molar-refractivity contribution in [1.82, 2.24) is 4.90 Å². The van der Waals surface area contributed by atoms with E-state index in [2.05, 4.69) is 15.3 Å². The van der Waals surface area contributed by atoms with Crippen LogP contribution in [0.5, 0.6) is 0 Å². The number of nitrogens with one attached hydrogen (secondary N) is 1. The van der Waals surface area contributed by atoms with Gasteiger partial charge in [-0.2, -0.15) is 0 Å². The molecule has 2 aliphatic rings. The van der Waals surface area contributed by atoms with Crippen molar-refractivity contribution in [1.29, 1.82) is 0 Å². The number of anilines is 1. The topological polar surface area (TPSA) is 74.1 Å². The Bertz CT molecular complexity index is 1070. The van der Waals surface area contributed by atoms with Crippen LogP contribution in [0.1, 0.15) is 32.3 Å². The fourth-order valence-electron chi connectivity index (χ4n) is 3.35. The van der Waals surface area contributed by atoms with Crippen molar-refractivity contribution in [3.05, 3.63) is 59.1 Å². The number of amidine groups is 2. The number of hydrogen-bond donors (Lipinski definition) is 1. The number of carbonyl (C=O) groups is 2. The first-order valence-corrected chi connectivity index (χ1v) is 11.1. The number of benzene rings is 2. The number of hydrogen-bond acceptors (Lipinski definition) is 5. The van der Waals surface area contributed by atoms with Crippen LogP contribution in [0.25, 0.3) is 0 Å². The zero-order valence-electron chi connectivity index (χ0n) is 16.6. The molecule has 0 spiro atoms. The van der Waals surface area contributed by atoms with Crippen molar-refractivity contribution >= 4 is 57.6 Å². The van der Waals surface area contributed by atoms with Gasteiger partial charge in [0, 0.05) is 5.56 Å². The van der Waals surface area contributed by atoms with Gasteiger partial charge in [-0.15, -0.1) is 0 Å². The second-order valence-electron chi connectivity index (χ2n) is 7.07. The fourth-order valence-corrected chi connectivity index (χ4v) is 4.45. The third-order valence-corrected chi connectivity index (χ3v) is 6.27. The van der Waals surface area contributed by atoms with Crippen LogP contribution in [0.15, 0.2) is 58.5 Å². The first-order valence-electron chi connectivity index (χ1n) is 9.81. The zero-order valence-corrected chi connectivity index (χ0v) is 18.2. The van der Waals surface area contributed by atoms with E-state index in [1.165, 1.54) is 11.8 Å². The summed E-state index contributed by atoms with van der Waals surface area (Å²) in [6.07, 6.45) is 1.54. The number of amides is 2. The van der Waals surface area contributed by atoms with E-state index in [-0.39, 0.29) is 11.8 Å². The van der Waals surface area contributed by atoms with Crippen LogP contribution in [0.3, 0.4) is 0 Å². The predicted molar refractivity (Wildman–Crippen MR) is 123 cm³/mol. The van der Waals surface area contributed by atoms with E-state index in [0.29, 0.717) is 28.1 Å². The summed E-state index contributed by atoms with van der Waals surface area (Å²) in [4.78, 5) is 36.7. The Labute approximate surface area is 184 Å². The summed E-state index contributed by atoms with van der Waals surface area (Å²) < 4.78 is 0. The molecule has 2 aromatic carbocycles. The third kappa shape index (κ3) is 3.87. The molecule has 4 rings (SSSR count). The maximum absolute atomic E-state index is 13.0. The highest BCUT2D eigenvalue weighted by Crippen LogP contribution is 2.35. The maximum Gasteiger partial charge on any atom is 0.259 e. The Morgan fingerprint density at radius 2 is 1.97 bits per heavy atom. The number of para-hydroxylation sites is 2. The van der Waals surface area contributed by atoms with Crippen molar-refractivity contribution in [3.63, 3.8) is 0 Å². The van der Waals surface area contributed by atoms with Gasteiger partial charge in [-0.3, -0.25) is 14.6 Å². The summed E-state index contributed by atoms with van der Waals surface area (Å²) in [7, 11) is 0. The van der Waals surface area contributed by atoms with E-state index in [1.807, 2.05) is 31.2 Å². The second-order valence-corrected chi connectivity index (χ2v) is 8.79. The summed E-state index contributed by atoms with van der Waals surface area (Å²) in [6.45, 7) is 3.81. The van der Waals surface area contributed by atoms with Gasteiger partial charge in [0.1, 0.15) is 11.9 Å². The monoisotopic (exact) mass is 440 g/mol. The van der Waals surface area contributed by atoms with Crippen molar-refractivity contribution in [2.45, 2.75) is 38.0 Å². The molecule has 6 nitrogen and oxygen atoms in total. The van der Waals surface area contributed by atoms with E-state index >= 15 is 0 Å². The van der Waals surface area contributed by atoms with E-state index in [9.17, 15) is 9.59 Å². The fraction of sp³-hybridized carbons (Fsp3) is 0.273. The summed E-state index contributed by atoms with van der Waals surface area (Å²) >= 11 is 7.38. The first-order chi connectivity index (χ1) is 14.5. The highest BCUT2D eigenvalue weighted by molar-refractivity contribution is 8.15. The predicted octanol–water partition coefficient (Wildman–Crippen LogP) is 4.86. The molecule has 0 saturated carbocycles. The molecule has 0 radical (unpaired) electrons. The van der Waals surface area contributed by atoms with Gasteiger partial charge in [-0.25, -0.2) is 9.89 Å². The molecule has 30 heavy (non-hydrogen) atoms. The minimum atomic E-state index is -0.496. The number of halogens is 1. The van der Waals surface area contributed by atoms with Crippen LogP contribution in [0, 0.1) is 0 Å². The Kier molecular flexibility index (Phi) is 5.92. The van der Waals surface area contributed by atoms with Gasteiger partial charge in [-0.1, -0.05) is 61.0 Å². The Hall–Kier alpha value is -2.64. The van der Waals surface area contributed by atoms with Crippen molar-refractivity contribution < 1.29 is 9.59 Å². The molecule has 1 N–H and O–H groups in total. The molecule has 2 amide bonds. The molecule has 2 aromatic rings. The van der Waals surface area contributed by atoms with Crippen LogP contribution in [-0.2, 0) is 9.59 Å². The average molecular weight is 441 g/mol. The van der Waals surface area contributed by atoms with Gasteiger partial charge in [0.05, 0.1) is 21.6 Å². The number of rotatable bonds is 5. The number of fused-ring (bicyclic) bond motifs is 3. The van der Waals surface area contributed by atoms with Crippen LogP contribution in [-0.4, -0.2) is 39.0 Å². The SMILES string of the molecule is CCC[C@H]1N=C2c3ccccc3N=C(S[C@H](C)C(=O)Nc3ccccc3Cl)N2C1=O. The van der Waals surface area contributed by atoms with Gasteiger partial charge < -0.3 is 5.32 Å². The molecule has 0 aliphatic carbocycles. The minimum absolute atomic E-state index is 0.0914. The highest BCUT2D eigenvalue weighted by atomic mass is 35.5. The molecule has 8 heteroatoms. The lowest BCUT2D eigenvalue weighted by atomic mass is 10.1. The third-order valence-electron chi connectivity index (χ3n) is 4.89. The largest absolute Gasteiger partial charge is 0.324 e. The van der Waals surface area contributed by atoms with Crippen molar-refractivity contribution in [3.8, 4) is 0 Å². The molecular weight excluding hydrogens is 420 g/mol. The van der Waals surface area contributed by atoms with Crippen LogP contribution in [0.2, 0.25) is 5.02 Å². The molecule has 154 valence electrons. The lowest BCUT2D eigenvalue weighted by molar-refractivity contribution is -0.124. The van der Waals surface area contributed by atoms with Gasteiger partial charge in [-0.05, 0) is 37.6 Å². The van der Waals surface area contributed by atoms with E-state index < -0.39 is 11.3 Å². The molecule has 0 unspecified atom stereocenters. The summed E-state index contributed by atoms with van der Waals surface area (Å²) in [5.74, 6) is 0.307. The van der Waals surface area contributed by atoms with Gasteiger partial charge >= 0.3 is 0 Å². The Morgan fingerprint density at radius 3 is 2.73 bits per heavy atom. The average Bonchev–Trinajstić information content (AvgIpc) is 3.07.